The molecule has 0 unspecified atom stereocenters. The summed E-state index contributed by atoms with van der Waals surface area (Å²) in [6.07, 6.45) is -0.380. The van der Waals surface area contributed by atoms with E-state index in [1.807, 2.05) is 0 Å². The zero-order valence-corrected chi connectivity index (χ0v) is 11.0. The quantitative estimate of drug-likeness (QED) is 0.791. The van der Waals surface area contributed by atoms with E-state index < -0.39 is 18.0 Å². The van der Waals surface area contributed by atoms with E-state index in [0.717, 1.165) is 4.47 Å². The lowest BCUT2D eigenvalue weighted by Gasteiger charge is -2.09. The van der Waals surface area contributed by atoms with Crippen molar-refractivity contribution in [3.8, 4) is 5.75 Å². The number of benzene rings is 1. The van der Waals surface area contributed by atoms with Crippen LogP contribution in [0.15, 0.2) is 28.7 Å². The van der Waals surface area contributed by atoms with Crippen molar-refractivity contribution in [1.29, 1.82) is 0 Å². The van der Waals surface area contributed by atoms with Gasteiger partial charge in [-0.05, 0) is 24.3 Å². The maximum atomic E-state index is 11.4. The van der Waals surface area contributed by atoms with Gasteiger partial charge in [-0.25, -0.2) is 9.59 Å². The molecule has 0 amide bonds. The lowest BCUT2D eigenvalue weighted by Crippen LogP contribution is -2.26. The highest BCUT2D eigenvalue weighted by atomic mass is 79.9. The number of esters is 2. The van der Waals surface area contributed by atoms with Gasteiger partial charge in [0.1, 0.15) is 5.75 Å². The number of cyclic esters (lactones) is 1. The largest absolute Gasteiger partial charge is 0.482 e. The molecule has 1 aromatic carbocycles. The lowest BCUT2D eigenvalue weighted by molar-refractivity contribution is -0.161. The summed E-state index contributed by atoms with van der Waals surface area (Å²) in [5.41, 5.74) is 0. The average Bonchev–Trinajstić information content (AvgIpc) is 2.74. The highest BCUT2D eigenvalue weighted by Gasteiger charge is 2.30. The number of hydrogen-bond donors (Lipinski definition) is 0. The molecule has 2 rings (SSSR count). The normalized spacial score (nSPS) is 18.3. The molecule has 1 saturated heterocycles. The van der Waals surface area contributed by atoms with Crippen LogP contribution in [0, 0.1) is 0 Å². The predicted octanol–water partition coefficient (Wildman–Crippen LogP) is 1.69. The molecule has 1 aromatic rings. The van der Waals surface area contributed by atoms with Crippen LogP contribution in [0.4, 0.5) is 0 Å². The summed E-state index contributed by atoms with van der Waals surface area (Å²) in [7, 11) is 0. The van der Waals surface area contributed by atoms with E-state index in [1.54, 1.807) is 24.3 Å². The van der Waals surface area contributed by atoms with Gasteiger partial charge in [0.25, 0.3) is 0 Å². The van der Waals surface area contributed by atoms with Crippen LogP contribution >= 0.6 is 15.9 Å². The second-order valence-corrected chi connectivity index (χ2v) is 4.59. The molecule has 96 valence electrons. The molecular weight excluding hydrogens is 304 g/mol. The van der Waals surface area contributed by atoms with Crippen LogP contribution in [0.2, 0.25) is 0 Å². The van der Waals surface area contributed by atoms with Crippen molar-refractivity contribution in [2.24, 2.45) is 0 Å². The fraction of sp³-hybridized carbons (Fsp3) is 0.333. The molecule has 1 fully saturated rings. The summed E-state index contributed by atoms with van der Waals surface area (Å²) in [4.78, 5) is 22.5. The Morgan fingerprint density at radius 1 is 1.39 bits per heavy atom. The van der Waals surface area contributed by atoms with Crippen molar-refractivity contribution < 1.29 is 23.8 Å². The maximum absolute atomic E-state index is 11.4. The van der Waals surface area contributed by atoms with Crippen LogP contribution in [-0.4, -0.2) is 31.3 Å². The van der Waals surface area contributed by atoms with Crippen LogP contribution in [-0.2, 0) is 19.1 Å². The number of hydrogen-bond acceptors (Lipinski definition) is 5. The van der Waals surface area contributed by atoms with Gasteiger partial charge in [-0.15, -0.1) is 0 Å². The third-order valence-corrected chi connectivity index (χ3v) is 2.86. The molecule has 1 atom stereocenters. The minimum Gasteiger partial charge on any atom is -0.482 e. The van der Waals surface area contributed by atoms with Crippen LogP contribution < -0.4 is 4.74 Å². The van der Waals surface area contributed by atoms with Crippen LogP contribution in [0.5, 0.6) is 5.75 Å². The summed E-state index contributed by atoms with van der Waals surface area (Å²) in [5, 5.41) is 0. The third kappa shape index (κ3) is 3.46. The average molecular weight is 315 g/mol. The molecule has 1 aliphatic rings. The number of carbonyl (C=O) groups excluding carboxylic acids is 2. The standard InChI is InChI=1S/C12H11BrO5/c13-8-1-3-9(4-2-8)17-7-11(14)18-10-5-6-16-12(10)15/h1-4,10H,5-7H2/t10-/m0/s1. The zero-order valence-electron chi connectivity index (χ0n) is 9.43. The molecule has 0 aromatic heterocycles. The molecule has 0 aliphatic carbocycles. The molecule has 0 saturated carbocycles. The highest BCUT2D eigenvalue weighted by Crippen LogP contribution is 2.16. The predicted molar refractivity (Wildman–Crippen MR) is 65.1 cm³/mol. The van der Waals surface area contributed by atoms with Crippen molar-refractivity contribution in [2.75, 3.05) is 13.2 Å². The smallest absolute Gasteiger partial charge is 0.347 e. The van der Waals surface area contributed by atoms with Crippen molar-refractivity contribution >= 4 is 27.9 Å². The fourth-order valence-corrected chi connectivity index (χ4v) is 1.71. The number of carbonyl (C=O) groups is 2. The first kappa shape index (κ1) is 12.9. The lowest BCUT2D eigenvalue weighted by atomic mass is 10.3. The van der Waals surface area contributed by atoms with Gasteiger partial charge in [0.15, 0.2) is 6.61 Å². The first-order valence-corrected chi connectivity index (χ1v) is 6.19. The Kier molecular flexibility index (Phi) is 4.19. The molecule has 5 nitrogen and oxygen atoms in total. The zero-order chi connectivity index (χ0) is 13.0. The van der Waals surface area contributed by atoms with E-state index >= 15 is 0 Å². The Balaban J connectivity index is 1.78. The SMILES string of the molecule is O=C(COc1ccc(Br)cc1)O[C@H]1CCOC1=O. The number of halogens is 1. The van der Waals surface area contributed by atoms with Gasteiger partial charge in [-0.1, -0.05) is 15.9 Å². The van der Waals surface area contributed by atoms with E-state index in [4.69, 9.17) is 9.47 Å². The molecule has 1 heterocycles. The minimum absolute atomic E-state index is 0.231. The van der Waals surface area contributed by atoms with E-state index in [2.05, 4.69) is 20.7 Å². The summed E-state index contributed by atoms with van der Waals surface area (Å²) in [6, 6.07) is 7.05. The Morgan fingerprint density at radius 3 is 2.72 bits per heavy atom. The van der Waals surface area contributed by atoms with Gasteiger partial charge in [0.05, 0.1) is 6.61 Å². The minimum atomic E-state index is -0.786. The second kappa shape index (κ2) is 5.86. The molecule has 0 spiro atoms. The topological polar surface area (TPSA) is 61.8 Å². The first-order chi connectivity index (χ1) is 8.65. The van der Waals surface area contributed by atoms with E-state index in [-0.39, 0.29) is 6.61 Å². The summed E-state index contributed by atoms with van der Waals surface area (Å²) in [6.45, 7) is 0.0652. The Bertz CT molecular complexity index is 442. The van der Waals surface area contributed by atoms with Gasteiger partial charge in [-0.3, -0.25) is 0 Å². The van der Waals surface area contributed by atoms with Crippen molar-refractivity contribution in [3.05, 3.63) is 28.7 Å². The van der Waals surface area contributed by atoms with Crippen molar-refractivity contribution in [1.82, 2.24) is 0 Å². The first-order valence-electron chi connectivity index (χ1n) is 5.39. The third-order valence-electron chi connectivity index (χ3n) is 2.33. The molecule has 6 heteroatoms. The van der Waals surface area contributed by atoms with Crippen molar-refractivity contribution in [3.63, 3.8) is 0 Å². The van der Waals surface area contributed by atoms with Gasteiger partial charge >= 0.3 is 11.9 Å². The summed E-state index contributed by atoms with van der Waals surface area (Å²) in [5.74, 6) is -0.516. The van der Waals surface area contributed by atoms with Crippen LogP contribution in [0.1, 0.15) is 6.42 Å². The molecule has 0 bridgehead atoms. The fourth-order valence-electron chi connectivity index (χ4n) is 1.45. The summed E-state index contributed by atoms with van der Waals surface area (Å²) < 4.78 is 15.7. The summed E-state index contributed by atoms with van der Waals surface area (Å²) >= 11 is 3.29. The van der Waals surface area contributed by atoms with Gasteiger partial charge < -0.3 is 14.2 Å². The molecule has 1 aliphatic heterocycles. The van der Waals surface area contributed by atoms with E-state index in [9.17, 15) is 9.59 Å². The maximum Gasteiger partial charge on any atom is 0.347 e. The Hall–Kier alpha value is -1.56. The van der Waals surface area contributed by atoms with Crippen molar-refractivity contribution in [2.45, 2.75) is 12.5 Å². The van der Waals surface area contributed by atoms with Gasteiger partial charge in [0.2, 0.25) is 6.10 Å². The highest BCUT2D eigenvalue weighted by molar-refractivity contribution is 9.10. The molecule has 0 N–H and O–H groups in total. The monoisotopic (exact) mass is 314 g/mol. The molecular formula is C12H11BrO5. The van der Waals surface area contributed by atoms with Crippen LogP contribution in [0.3, 0.4) is 0 Å². The van der Waals surface area contributed by atoms with Crippen LogP contribution in [0.25, 0.3) is 0 Å². The van der Waals surface area contributed by atoms with E-state index in [0.29, 0.717) is 18.8 Å². The number of ether oxygens (including phenoxy) is 3. The van der Waals surface area contributed by atoms with E-state index in [1.165, 1.54) is 0 Å². The second-order valence-electron chi connectivity index (χ2n) is 3.68. The van der Waals surface area contributed by atoms with Gasteiger partial charge in [0, 0.05) is 10.9 Å². The Labute approximate surface area is 112 Å². The van der Waals surface area contributed by atoms with Gasteiger partial charge in [-0.2, -0.15) is 0 Å². The molecule has 18 heavy (non-hydrogen) atoms. The number of rotatable bonds is 4. The molecule has 0 radical (unpaired) electrons. The Morgan fingerprint density at radius 2 is 2.11 bits per heavy atom.